The van der Waals surface area contributed by atoms with Crippen LogP contribution in [-0.2, 0) is 4.79 Å². The summed E-state index contributed by atoms with van der Waals surface area (Å²) in [5.41, 5.74) is 0.339. The van der Waals surface area contributed by atoms with Gasteiger partial charge >= 0.3 is 0 Å². The molecule has 1 spiro atoms. The van der Waals surface area contributed by atoms with Crippen LogP contribution in [0, 0.1) is 5.92 Å². The monoisotopic (exact) mass is 238 g/mol. The van der Waals surface area contributed by atoms with E-state index >= 15 is 0 Å². The lowest BCUT2D eigenvalue weighted by molar-refractivity contribution is -0.125. The van der Waals surface area contributed by atoms with Gasteiger partial charge in [-0.2, -0.15) is 0 Å². The van der Waals surface area contributed by atoms with Gasteiger partial charge in [0.05, 0.1) is 0 Å². The highest BCUT2D eigenvalue weighted by molar-refractivity contribution is 5.78. The SMILES string of the molecule is CC(C)C(=O)NC1CCNC2(CCCCC2)C1. The zero-order valence-electron chi connectivity index (χ0n) is 11.2. The molecule has 1 saturated heterocycles. The molecule has 0 aromatic rings. The average molecular weight is 238 g/mol. The quantitative estimate of drug-likeness (QED) is 0.774. The van der Waals surface area contributed by atoms with Crippen molar-refractivity contribution in [2.75, 3.05) is 6.54 Å². The number of amides is 1. The fourth-order valence-electron chi connectivity index (χ4n) is 3.26. The topological polar surface area (TPSA) is 41.1 Å². The van der Waals surface area contributed by atoms with Crippen LogP contribution in [0.15, 0.2) is 0 Å². The number of piperidine rings is 1. The zero-order valence-corrected chi connectivity index (χ0v) is 11.2. The summed E-state index contributed by atoms with van der Waals surface area (Å²) in [6.07, 6.45) is 8.87. The highest BCUT2D eigenvalue weighted by atomic mass is 16.1. The molecule has 1 aliphatic carbocycles. The minimum atomic E-state index is 0.104. The van der Waals surface area contributed by atoms with Crippen LogP contribution < -0.4 is 10.6 Å². The van der Waals surface area contributed by atoms with Crippen molar-refractivity contribution in [3.63, 3.8) is 0 Å². The molecule has 1 heterocycles. The normalized spacial score (nSPS) is 28.3. The van der Waals surface area contributed by atoms with Crippen molar-refractivity contribution in [2.24, 2.45) is 5.92 Å². The Hall–Kier alpha value is -0.570. The van der Waals surface area contributed by atoms with Crippen molar-refractivity contribution in [1.29, 1.82) is 0 Å². The predicted octanol–water partition coefficient (Wildman–Crippen LogP) is 2.21. The third-order valence-electron chi connectivity index (χ3n) is 4.31. The third kappa shape index (κ3) is 3.21. The molecule has 1 saturated carbocycles. The van der Waals surface area contributed by atoms with Gasteiger partial charge in [-0.05, 0) is 32.2 Å². The maximum atomic E-state index is 11.8. The van der Waals surface area contributed by atoms with E-state index in [1.807, 2.05) is 13.8 Å². The van der Waals surface area contributed by atoms with Gasteiger partial charge in [-0.1, -0.05) is 33.1 Å². The highest BCUT2D eigenvalue weighted by Crippen LogP contribution is 2.34. The Kier molecular flexibility index (Phi) is 4.08. The van der Waals surface area contributed by atoms with Gasteiger partial charge in [-0.3, -0.25) is 4.79 Å². The van der Waals surface area contributed by atoms with Crippen LogP contribution in [0.2, 0.25) is 0 Å². The van der Waals surface area contributed by atoms with E-state index < -0.39 is 0 Å². The first-order valence-electron chi connectivity index (χ1n) is 7.17. The summed E-state index contributed by atoms with van der Waals surface area (Å²) in [6, 6.07) is 0.393. The number of carbonyl (C=O) groups is 1. The van der Waals surface area contributed by atoms with E-state index in [4.69, 9.17) is 0 Å². The van der Waals surface area contributed by atoms with Crippen LogP contribution in [0.3, 0.4) is 0 Å². The minimum Gasteiger partial charge on any atom is -0.353 e. The largest absolute Gasteiger partial charge is 0.353 e. The number of carbonyl (C=O) groups excluding carboxylic acids is 1. The van der Waals surface area contributed by atoms with E-state index in [0.29, 0.717) is 11.6 Å². The van der Waals surface area contributed by atoms with E-state index in [9.17, 15) is 4.79 Å². The van der Waals surface area contributed by atoms with Crippen molar-refractivity contribution in [3.8, 4) is 0 Å². The Morgan fingerprint density at radius 2 is 2.00 bits per heavy atom. The molecule has 1 amide bonds. The van der Waals surface area contributed by atoms with Gasteiger partial charge in [0.2, 0.25) is 5.91 Å². The van der Waals surface area contributed by atoms with E-state index in [2.05, 4.69) is 10.6 Å². The molecule has 0 radical (unpaired) electrons. The van der Waals surface area contributed by atoms with E-state index in [1.54, 1.807) is 0 Å². The van der Waals surface area contributed by atoms with Gasteiger partial charge in [0, 0.05) is 17.5 Å². The fourth-order valence-corrected chi connectivity index (χ4v) is 3.26. The first-order chi connectivity index (χ1) is 8.11. The van der Waals surface area contributed by atoms with Crippen LogP contribution in [0.1, 0.15) is 58.8 Å². The second kappa shape index (κ2) is 5.38. The summed E-state index contributed by atoms with van der Waals surface area (Å²) in [4.78, 5) is 11.8. The summed E-state index contributed by atoms with van der Waals surface area (Å²) in [7, 11) is 0. The fraction of sp³-hybridized carbons (Fsp3) is 0.929. The summed E-state index contributed by atoms with van der Waals surface area (Å²) in [5.74, 6) is 0.315. The second-order valence-electron chi connectivity index (χ2n) is 6.12. The molecule has 2 N–H and O–H groups in total. The predicted molar refractivity (Wildman–Crippen MR) is 69.8 cm³/mol. The second-order valence-corrected chi connectivity index (χ2v) is 6.12. The Bertz CT molecular complexity index is 264. The first-order valence-corrected chi connectivity index (χ1v) is 7.17. The summed E-state index contributed by atoms with van der Waals surface area (Å²) in [6.45, 7) is 4.99. The molecule has 0 bridgehead atoms. The first kappa shape index (κ1) is 12.9. The maximum Gasteiger partial charge on any atom is 0.222 e. The lowest BCUT2D eigenvalue weighted by atomic mass is 9.75. The molecule has 3 heteroatoms. The van der Waals surface area contributed by atoms with Crippen LogP contribution >= 0.6 is 0 Å². The number of hydrogen-bond acceptors (Lipinski definition) is 2. The van der Waals surface area contributed by atoms with Crippen molar-refractivity contribution < 1.29 is 4.79 Å². The molecule has 2 fully saturated rings. The molecule has 1 aliphatic heterocycles. The molecule has 17 heavy (non-hydrogen) atoms. The molecular weight excluding hydrogens is 212 g/mol. The number of rotatable bonds is 2. The van der Waals surface area contributed by atoms with Crippen molar-refractivity contribution in [1.82, 2.24) is 10.6 Å². The molecule has 3 nitrogen and oxygen atoms in total. The lowest BCUT2D eigenvalue weighted by Crippen LogP contribution is -2.57. The molecule has 0 aromatic carbocycles. The number of nitrogens with one attached hydrogen (secondary N) is 2. The molecule has 1 unspecified atom stereocenters. The van der Waals surface area contributed by atoms with E-state index in [1.165, 1.54) is 32.1 Å². The molecular formula is C14H26N2O. The zero-order chi connectivity index (χ0) is 12.3. The molecule has 98 valence electrons. The Labute approximate surface area is 105 Å². The van der Waals surface area contributed by atoms with Gasteiger partial charge in [-0.25, -0.2) is 0 Å². The smallest absolute Gasteiger partial charge is 0.222 e. The molecule has 1 atom stereocenters. The van der Waals surface area contributed by atoms with Crippen molar-refractivity contribution >= 4 is 5.91 Å². The summed E-state index contributed by atoms with van der Waals surface area (Å²) < 4.78 is 0. The average Bonchev–Trinajstić information content (AvgIpc) is 2.30. The Balaban J connectivity index is 1.90. The molecule has 2 rings (SSSR count). The molecule has 2 aliphatic rings. The maximum absolute atomic E-state index is 11.8. The van der Waals surface area contributed by atoms with Crippen LogP contribution in [0.4, 0.5) is 0 Å². The van der Waals surface area contributed by atoms with Gasteiger partial charge in [0.1, 0.15) is 0 Å². The van der Waals surface area contributed by atoms with Gasteiger partial charge in [0.25, 0.3) is 0 Å². The minimum absolute atomic E-state index is 0.104. The molecule has 0 aromatic heterocycles. The van der Waals surface area contributed by atoms with E-state index in [-0.39, 0.29) is 11.8 Å². The standard InChI is InChI=1S/C14H26N2O/c1-11(2)13(17)16-12-6-9-15-14(10-12)7-4-3-5-8-14/h11-12,15H,3-10H2,1-2H3,(H,16,17). The number of hydrogen-bond donors (Lipinski definition) is 2. The van der Waals surface area contributed by atoms with Crippen LogP contribution in [0.5, 0.6) is 0 Å². The summed E-state index contributed by atoms with van der Waals surface area (Å²) in [5, 5.41) is 6.93. The highest BCUT2D eigenvalue weighted by Gasteiger charge is 2.37. The van der Waals surface area contributed by atoms with Crippen molar-refractivity contribution in [3.05, 3.63) is 0 Å². The van der Waals surface area contributed by atoms with Crippen LogP contribution in [-0.4, -0.2) is 24.0 Å². The van der Waals surface area contributed by atoms with Crippen LogP contribution in [0.25, 0.3) is 0 Å². The Morgan fingerprint density at radius 1 is 1.29 bits per heavy atom. The third-order valence-corrected chi connectivity index (χ3v) is 4.31. The van der Waals surface area contributed by atoms with Gasteiger partial charge in [0.15, 0.2) is 0 Å². The Morgan fingerprint density at radius 3 is 2.65 bits per heavy atom. The van der Waals surface area contributed by atoms with Gasteiger partial charge < -0.3 is 10.6 Å². The van der Waals surface area contributed by atoms with E-state index in [0.717, 1.165) is 19.4 Å². The van der Waals surface area contributed by atoms with Gasteiger partial charge in [-0.15, -0.1) is 0 Å². The van der Waals surface area contributed by atoms with Crippen molar-refractivity contribution in [2.45, 2.75) is 70.4 Å². The summed E-state index contributed by atoms with van der Waals surface area (Å²) >= 11 is 0. The lowest BCUT2D eigenvalue weighted by Gasteiger charge is -2.45.